The van der Waals surface area contributed by atoms with Crippen molar-refractivity contribution in [3.05, 3.63) is 0 Å². The van der Waals surface area contributed by atoms with Gasteiger partial charge in [-0.1, -0.05) is 0 Å². The molecule has 2 N–H and O–H groups in total. The van der Waals surface area contributed by atoms with Gasteiger partial charge < -0.3 is 10.2 Å². The summed E-state index contributed by atoms with van der Waals surface area (Å²) >= 11 is 0. The average molecular weight is 222 g/mol. The number of hydrogen-bond donors (Lipinski definition) is 2. The summed E-state index contributed by atoms with van der Waals surface area (Å²) in [5, 5.41) is 18.2. The average Bonchev–Trinajstić information content (AvgIpc) is 3.20. The highest BCUT2D eigenvalue weighted by atomic mass is 16.3. The third kappa shape index (κ3) is 1.46. The number of aliphatic hydroxyl groups excluding tert-OH is 2. The Morgan fingerprint density at radius 2 is 0.938 bits per heavy atom. The summed E-state index contributed by atoms with van der Waals surface area (Å²) in [4.78, 5) is 0. The van der Waals surface area contributed by atoms with Crippen molar-refractivity contribution in [3.63, 3.8) is 0 Å². The molecule has 0 bridgehead atoms. The monoisotopic (exact) mass is 222 g/mol. The first-order valence-corrected chi connectivity index (χ1v) is 7.05. The normalized spacial score (nSPS) is 61.9. The molecule has 8 atom stereocenters. The van der Waals surface area contributed by atoms with Crippen molar-refractivity contribution in [3.8, 4) is 0 Å². The van der Waals surface area contributed by atoms with Crippen LogP contribution in [0.25, 0.3) is 0 Å². The highest BCUT2D eigenvalue weighted by Crippen LogP contribution is 2.69. The minimum absolute atomic E-state index is 0.428. The van der Waals surface area contributed by atoms with E-state index in [4.69, 9.17) is 10.2 Å². The zero-order chi connectivity index (χ0) is 10.9. The molecule has 0 aromatic heterocycles. The first-order valence-electron chi connectivity index (χ1n) is 7.05. The fourth-order valence-electron chi connectivity index (χ4n) is 4.45. The quantitative estimate of drug-likeness (QED) is 0.740. The Bertz CT molecular complexity index is 273. The molecule has 2 nitrogen and oxygen atoms in total. The van der Waals surface area contributed by atoms with Gasteiger partial charge in [0.15, 0.2) is 0 Å². The summed E-state index contributed by atoms with van der Waals surface area (Å²) in [6, 6.07) is 0. The minimum atomic E-state index is 0.428. The van der Waals surface area contributed by atoms with E-state index in [-0.39, 0.29) is 0 Å². The second kappa shape index (κ2) is 3.23. The van der Waals surface area contributed by atoms with E-state index in [0.717, 1.165) is 35.5 Å². The predicted molar refractivity (Wildman–Crippen MR) is 60.6 cm³/mol. The minimum Gasteiger partial charge on any atom is -0.396 e. The fourth-order valence-corrected chi connectivity index (χ4v) is 4.45. The van der Waals surface area contributed by atoms with Crippen LogP contribution < -0.4 is 0 Å². The lowest BCUT2D eigenvalue weighted by atomic mass is 10.1. The van der Waals surface area contributed by atoms with Crippen LogP contribution in [0.15, 0.2) is 0 Å². The lowest BCUT2D eigenvalue weighted by molar-refractivity contribution is 0.262. The van der Waals surface area contributed by atoms with Crippen LogP contribution in [0.3, 0.4) is 0 Å². The van der Waals surface area contributed by atoms with Crippen molar-refractivity contribution in [2.24, 2.45) is 47.3 Å². The molecule has 4 aliphatic carbocycles. The molecule has 90 valence electrons. The zero-order valence-corrected chi connectivity index (χ0v) is 9.76. The van der Waals surface area contributed by atoms with Gasteiger partial charge in [0, 0.05) is 13.2 Å². The Labute approximate surface area is 97.0 Å². The third-order valence-electron chi connectivity index (χ3n) is 5.86. The van der Waals surface area contributed by atoms with Gasteiger partial charge in [-0.15, -0.1) is 0 Å². The second-order valence-corrected chi connectivity index (χ2v) is 6.81. The second-order valence-electron chi connectivity index (χ2n) is 6.81. The molecular weight excluding hydrogens is 200 g/mol. The highest BCUT2D eigenvalue weighted by Gasteiger charge is 2.63. The Morgan fingerprint density at radius 1 is 0.562 bits per heavy atom. The molecular formula is C14H22O2. The summed E-state index contributed by atoms with van der Waals surface area (Å²) in [5.41, 5.74) is 0. The molecule has 2 heteroatoms. The maximum absolute atomic E-state index is 9.08. The van der Waals surface area contributed by atoms with Gasteiger partial charge in [0.2, 0.25) is 0 Å². The van der Waals surface area contributed by atoms with E-state index in [0.29, 0.717) is 25.0 Å². The van der Waals surface area contributed by atoms with Crippen LogP contribution in [0.1, 0.15) is 25.7 Å². The van der Waals surface area contributed by atoms with E-state index in [2.05, 4.69) is 0 Å². The van der Waals surface area contributed by atoms with Gasteiger partial charge in [-0.25, -0.2) is 0 Å². The van der Waals surface area contributed by atoms with Crippen molar-refractivity contribution in [1.29, 1.82) is 0 Å². The van der Waals surface area contributed by atoms with Crippen LogP contribution in [0.4, 0.5) is 0 Å². The van der Waals surface area contributed by atoms with E-state index < -0.39 is 0 Å². The molecule has 0 radical (unpaired) electrons. The van der Waals surface area contributed by atoms with Crippen LogP contribution in [0.2, 0.25) is 0 Å². The van der Waals surface area contributed by atoms with Gasteiger partial charge >= 0.3 is 0 Å². The Balaban J connectivity index is 1.26. The summed E-state index contributed by atoms with van der Waals surface area (Å²) < 4.78 is 0. The molecule has 16 heavy (non-hydrogen) atoms. The number of aliphatic hydroxyl groups is 2. The van der Waals surface area contributed by atoms with E-state index in [1.54, 1.807) is 0 Å². The van der Waals surface area contributed by atoms with Gasteiger partial charge in [-0.3, -0.25) is 0 Å². The highest BCUT2D eigenvalue weighted by molar-refractivity contribution is 5.12. The molecule has 0 heterocycles. The fraction of sp³-hybridized carbons (Fsp3) is 1.00. The molecule has 0 amide bonds. The molecule has 0 aromatic carbocycles. The Morgan fingerprint density at radius 3 is 1.25 bits per heavy atom. The molecule has 0 saturated heterocycles. The van der Waals surface area contributed by atoms with Gasteiger partial charge in [0.05, 0.1) is 0 Å². The molecule has 4 aliphatic rings. The molecule has 0 aromatic rings. The van der Waals surface area contributed by atoms with E-state index in [9.17, 15) is 0 Å². The summed E-state index contributed by atoms with van der Waals surface area (Å²) in [6.07, 6.45) is 5.52. The van der Waals surface area contributed by atoms with Crippen LogP contribution in [-0.4, -0.2) is 23.4 Å². The largest absolute Gasteiger partial charge is 0.396 e. The van der Waals surface area contributed by atoms with Crippen molar-refractivity contribution in [2.45, 2.75) is 25.7 Å². The molecule has 0 aliphatic heterocycles. The smallest absolute Gasteiger partial charge is 0.0462 e. The Kier molecular flexibility index (Phi) is 2.00. The summed E-state index contributed by atoms with van der Waals surface area (Å²) in [5.74, 6) is 7.12. The maximum Gasteiger partial charge on any atom is 0.0462 e. The van der Waals surface area contributed by atoms with E-state index in [1.165, 1.54) is 25.7 Å². The lowest BCUT2D eigenvalue weighted by Crippen LogP contribution is -1.97. The van der Waals surface area contributed by atoms with E-state index in [1.807, 2.05) is 0 Å². The van der Waals surface area contributed by atoms with Crippen molar-refractivity contribution in [2.75, 3.05) is 13.2 Å². The maximum atomic E-state index is 9.08. The van der Waals surface area contributed by atoms with Crippen molar-refractivity contribution < 1.29 is 10.2 Å². The SMILES string of the molecule is OCC1CC1C1CC1C1CC1C1CC1CO. The molecule has 4 saturated carbocycles. The predicted octanol–water partition coefficient (Wildman–Crippen LogP) is 1.52. The summed E-state index contributed by atoms with van der Waals surface area (Å²) in [6.45, 7) is 0.856. The first kappa shape index (κ1) is 9.90. The van der Waals surface area contributed by atoms with Gasteiger partial charge in [0.25, 0.3) is 0 Å². The third-order valence-corrected chi connectivity index (χ3v) is 5.86. The number of hydrogen-bond acceptors (Lipinski definition) is 2. The van der Waals surface area contributed by atoms with Gasteiger partial charge in [-0.2, -0.15) is 0 Å². The Hall–Kier alpha value is -0.0800. The molecule has 4 fully saturated rings. The standard InChI is InChI=1S/C14H22O2/c15-5-7-1-9(7)11-3-13(11)14-4-12(14)10-2-8(10)6-16/h7-16H,1-6H2. The van der Waals surface area contributed by atoms with Gasteiger partial charge in [-0.05, 0) is 73.0 Å². The topological polar surface area (TPSA) is 40.5 Å². The lowest BCUT2D eigenvalue weighted by Gasteiger charge is -1.98. The van der Waals surface area contributed by atoms with E-state index >= 15 is 0 Å². The zero-order valence-electron chi connectivity index (χ0n) is 9.76. The first-order chi connectivity index (χ1) is 7.83. The van der Waals surface area contributed by atoms with Crippen LogP contribution in [-0.2, 0) is 0 Å². The molecule has 0 spiro atoms. The van der Waals surface area contributed by atoms with Crippen molar-refractivity contribution >= 4 is 0 Å². The van der Waals surface area contributed by atoms with Gasteiger partial charge in [0.1, 0.15) is 0 Å². The molecule has 4 rings (SSSR count). The summed E-state index contributed by atoms with van der Waals surface area (Å²) in [7, 11) is 0. The van der Waals surface area contributed by atoms with Crippen molar-refractivity contribution in [1.82, 2.24) is 0 Å². The van der Waals surface area contributed by atoms with Crippen LogP contribution >= 0.6 is 0 Å². The number of rotatable bonds is 5. The van der Waals surface area contributed by atoms with Crippen LogP contribution in [0, 0.1) is 47.3 Å². The molecule has 8 unspecified atom stereocenters. The van der Waals surface area contributed by atoms with Crippen LogP contribution in [0.5, 0.6) is 0 Å².